The molecule has 41 heavy (non-hydrogen) atoms. The number of amides is 1. The highest BCUT2D eigenvalue weighted by molar-refractivity contribution is 6.08. The molecule has 11 heteroatoms. The number of nitrogens with zero attached hydrogens (tertiary/aromatic N) is 6. The molecule has 2 N–H and O–H groups in total. The number of anilines is 5. The van der Waals surface area contributed by atoms with Crippen LogP contribution in [-0.4, -0.2) is 81.0 Å². The Bertz CT molecular complexity index is 1460. The fourth-order valence-electron chi connectivity index (χ4n) is 4.31. The number of methoxy groups -OCH3 is 1. The Kier molecular flexibility index (Phi) is 9.16. The van der Waals surface area contributed by atoms with E-state index in [0.29, 0.717) is 42.3 Å². The van der Waals surface area contributed by atoms with Gasteiger partial charge in [-0.1, -0.05) is 6.58 Å². The van der Waals surface area contributed by atoms with Crippen LogP contribution in [0.1, 0.15) is 16.1 Å². The van der Waals surface area contributed by atoms with E-state index in [0.717, 1.165) is 17.9 Å². The predicted molar refractivity (Wildman–Crippen MR) is 160 cm³/mol. The van der Waals surface area contributed by atoms with Crippen LogP contribution >= 0.6 is 0 Å². The first-order valence-electron chi connectivity index (χ1n) is 13.1. The first kappa shape index (κ1) is 29.0. The van der Waals surface area contributed by atoms with Crippen LogP contribution in [0.4, 0.5) is 28.7 Å². The van der Waals surface area contributed by atoms with Crippen molar-refractivity contribution in [2.45, 2.75) is 0 Å². The largest absolute Gasteiger partial charge is 0.494 e. The molecule has 0 spiro atoms. The van der Waals surface area contributed by atoms with Crippen LogP contribution in [0.15, 0.2) is 61.3 Å². The molecule has 0 bridgehead atoms. The van der Waals surface area contributed by atoms with Gasteiger partial charge in [-0.3, -0.25) is 9.59 Å². The van der Waals surface area contributed by atoms with Gasteiger partial charge in [0.1, 0.15) is 11.4 Å². The molecule has 1 aliphatic rings. The molecule has 1 aliphatic heterocycles. The maximum absolute atomic E-state index is 13.2. The molecule has 212 valence electrons. The molecule has 0 atom stereocenters. The van der Waals surface area contributed by atoms with Crippen LogP contribution in [0.3, 0.4) is 0 Å². The number of hydrogen-bond acceptors (Lipinski definition) is 10. The summed E-state index contributed by atoms with van der Waals surface area (Å²) in [5, 5.41) is 15.0. The Morgan fingerprint density at radius 1 is 1.15 bits per heavy atom. The fraction of sp³-hybridized carbons (Fsp3) is 0.300. The molecule has 1 aromatic heterocycles. The van der Waals surface area contributed by atoms with Gasteiger partial charge >= 0.3 is 0 Å². The van der Waals surface area contributed by atoms with Crippen LogP contribution in [0, 0.1) is 17.2 Å². The van der Waals surface area contributed by atoms with Gasteiger partial charge in [-0.2, -0.15) is 5.26 Å². The number of rotatable bonds is 12. The second-order valence-corrected chi connectivity index (χ2v) is 9.99. The molecule has 1 saturated heterocycles. The first-order valence-corrected chi connectivity index (χ1v) is 13.1. The number of nitrogens with one attached hydrogen (secondary N) is 2. The molecular weight excluding hydrogens is 520 g/mol. The number of ketones is 1. The molecule has 1 amide bonds. The molecule has 1 fully saturated rings. The lowest BCUT2D eigenvalue weighted by Crippen LogP contribution is -2.45. The van der Waals surface area contributed by atoms with Gasteiger partial charge < -0.3 is 30.1 Å². The van der Waals surface area contributed by atoms with Gasteiger partial charge in [0.05, 0.1) is 36.2 Å². The lowest BCUT2D eigenvalue weighted by molar-refractivity contribution is -0.111. The standard InChI is InChI=1S/C30H34N8O3/c1-6-28(39)33-24-15-25(27(41-5)16-26(24)37(4)14-13-36(2)3)35-30-32-12-11-23(34-30)29(40)21-7-9-22(10-8-21)38-18-20(17-31)19-38/h6-12,15-16,20H,1,13-14,18-19H2,2-5H3,(H,33,39)(H,32,34,35). The van der Waals surface area contributed by atoms with Crippen LogP contribution in [0.5, 0.6) is 5.75 Å². The maximum Gasteiger partial charge on any atom is 0.247 e. The zero-order valence-electron chi connectivity index (χ0n) is 23.7. The summed E-state index contributed by atoms with van der Waals surface area (Å²) in [7, 11) is 7.48. The number of benzene rings is 2. The zero-order valence-corrected chi connectivity index (χ0v) is 23.7. The highest BCUT2D eigenvalue weighted by Crippen LogP contribution is 2.38. The molecule has 0 saturated carbocycles. The average molecular weight is 555 g/mol. The Hall–Kier alpha value is -4.95. The van der Waals surface area contributed by atoms with Gasteiger partial charge in [-0.05, 0) is 56.6 Å². The van der Waals surface area contributed by atoms with Crippen LogP contribution < -0.4 is 25.2 Å². The summed E-state index contributed by atoms with van der Waals surface area (Å²) in [6.07, 6.45) is 2.72. The molecule has 0 unspecified atom stereocenters. The highest BCUT2D eigenvalue weighted by Gasteiger charge is 2.26. The number of carbonyl (C=O) groups excluding carboxylic acids is 2. The summed E-state index contributed by atoms with van der Waals surface area (Å²) in [6, 6.07) is 14.7. The van der Waals surface area contributed by atoms with Crippen molar-refractivity contribution in [1.29, 1.82) is 5.26 Å². The lowest BCUT2D eigenvalue weighted by atomic mass is 10.00. The number of aromatic nitrogens is 2. The third-order valence-electron chi connectivity index (χ3n) is 6.75. The molecule has 3 aromatic rings. The van der Waals surface area contributed by atoms with Gasteiger partial charge in [0.15, 0.2) is 0 Å². The van der Waals surface area contributed by atoms with Gasteiger partial charge in [-0.25, -0.2) is 9.97 Å². The van der Waals surface area contributed by atoms with Crippen LogP contribution in [-0.2, 0) is 4.79 Å². The molecule has 0 aliphatic carbocycles. The van der Waals surface area contributed by atoms with Gasteiger partial charge in [0.2, 0.25) is 17.6 Å². The van der Waals surface area contributed by atoms with E-state index in [2.05, 4.69) is 43.0 Å². The summed E-state index contributed by atoms with van der Waals surface area (Å²) in [4.78, 5) is 40.4. The number of likely N-dealkylation sites (N-methyl/N-ethyl adjacent to an activating group) is 2. The van der Waals surface area contributed by atoms with E-state index < -0.39 is 0 Å². The Labute approximate surface area is 240 Å². The molecule has 2 aromatic carbocycles. The van der Waals surface area contributed by atoms with E-state index in [1.807, 2.05) is 44.2 Å². The topological polar surface area (TPSA) is 127 Å². The Morgan fingerprint density at radius 2 is 1.88 bits per heavy atom. The molecule has 2 heterocycles. The van der Waals surface area contributed by atoms with Crippen molar-refractivity contribution in [3.63, 3.8) is 0 Å². The van der Waals surface area contributed by atoms with Crippen LogP contribution in [0.2, 0.25) is 0 Å². The third-order valence-corrected chi connectivity index (χ3v) is 6.75. The smallest absolute Gasteiger partial charge is 0.247 e. The van der Waals surface area contributed by atoms with Crippen molar-refractivity contribution in [3.8, 4) is 11.8 Å². The number of ether oxygens (including phenoxy) is 1. The van der Waals surface area contributed by atoms with Crippen molar-refractivity contribution < 1.29 is 14.3 Å². The second kappa shape index (κ2) is 12.9. The minimum atomic E-state index is -0.350. The minimum absolute atomic E-state index is 0.0522. The fourth-order valence-corrected chi connectivity index (χ4v) is 4.31. The van der Waals surface area contributed by atoms with Crippen LogP contribution in [0.25, 0.3) is 0 Å². The Morgan fingerprint density at radius 3 is 2.51 bits per heavy atom. The van der Waals surface area contributed by atoms with Crippen molar-refractivity contribution in [3.05, 3.63) is 72.6 Å². The number of hydrogen-bond donors (Lipinski definition) is 2. The third kappa shape index (κ3) is 6.98. The quantitative estimate of drug-likeness (QED) is 0.254. The summed E-state index contributed by atoms with van der Waals surface area (Å²) in [5.41, 5.74) is 3.51. The zero-order chi connectivity index (χ0) is 29.5. The second-order valence-electron chi connectivity index (χ2n) is 9.99. The molecule has 11 nitrogen and oxygen atoms in total. The van der Waals surface area contributed by atoms with E-state index in [4.69, 9.17) is 10.00 Å². The lowest BCUT2D eigenvalue weighted by Gasteiger charge is -2.37. The van der Waals surface area contributed by atoms with E-state index >= 15 is 0 Å². The maximum atomic E-state index is 13.2. The summed E-state index contributed by atoms with van der Waals surface area (Å²) in [6.45, 7) is 6.47. The van der Waals surface area contributed by atoms with Gasteiger partial charge in [0.25, 0.3) is 0 Å². The van der Waals surface area contributed by atoms with Crippen molar-refractivity contribution in [2.24, 2.45) is 5.92 Å². The minimum Gasteiger partial charge on any atom is -0.494 e. The van der Waals surface area contributed by atoms with Crippen molar-refractivity contribution in [1.82, 2.24) is 14.9 Å². The summed E-state index contributed by atoms with van der Waals surface area (Å²) < 4.78 is 5.65. The SMILES string of the molecule is C=CC(=O)Nc1cc(Nc2nccc(C(=O)c3ccc(N4CC(C#N)C4)cc3)n2)c(OC)cc1N(C)CCN(C)C. The van der Waals surface area contributed by atoms with E-state index in [1.54, 1.807) is 31.4 Å². The Balaban J connectivity index is 1.56. The normalized spacial score (nSPS) is 12.7. The molecule has 4 rings (SSSR count). The molecule has 0 radical (unpaired) electrons. The van der Waals surface area contributed by atoms with E-state index in [-0.39, 0.29) is 29.3 Å². The van der Waals surface area contributed by atoms with Crippen molar-refractivity contribution >= 4 is 40.4 Å². The van der Waals surface area contributed by atoms with Crippen molar-refractivity contribution in [2.75, 3.05) is 74.9 Å². The summed E-state index contributed by atoms with van der Waals surface area (Å²) in [5.74, 6) is 0.162. The van der Waals surface area contributed by atoms with Gasteiger partial charge in [0, 0.05) is 56.7 Å². The number of carbonyl (C=O) groups is 2. The number of nitriles is 1. The summed E-state index contributed by atoms with van der Waals surface area (Å²) >= 11 is 0. The van der Waals surface area contributed by atoms with E-state index in [1.165, 1.54) is 12.3 Å². The van der Waals surface area contributed by atoms with Gasteiger partial charge in [-0.15, -0.1) is 0 Å². The monoisotopic (exact) mass is 554 g/mol. The highest BCUT2D eigenvalue weighted by atomic mass is 16.5. The van der Waals surface area contributed by atoms with E-state index in [9.17, 15) is 9.59 Å². The predicted octanol–water partition coefficient (Wildman–Crippen LogP) is 3.54. The molecular formula is C30H34N8O3. The first-order chi connectivity index (χ1) is 19.7. The average Bonchev–Trinajstić information content (AvgIpc) is 2.95.